The van der Waals surface area contributed by atoms with Gasteiger partial charge in [-0.3, -0.25) is 4.79 Å². The fourth-order valence-electron chi connectivity index (χ4n) is 1.82. The minimum Gasteiger partial charge on any atom is -0.476 e. The molecule has 1 aliphatic heterocycles. The predicted molar refractivity (Wildman–Crippen MR) is 67.0 cm³/mol. The van der Waals surface area contributed by atoms with Gasteiger partial charge < -0.3 is 9.64 Å². The van der Waals surface area contributed by atoms with E-state index in [4.69, 9.17) is 4.74 Å². The topological polar surface area (TPSA) is 29.5 Å². The molecule has 1 heterocycles. The van der Waals surface area contributed by atoms with Crippen molar-refractivity contribution in [1.82, 2.24) is 0 Å². The summed E-state index contributed by atoms with van der Waals surface area (Å²) in [6, 6.07) is 3.86. The molecule has 2 rings (SSSR count). The van der Waals surface area contributed by atoms with Crippen LogP contribution in [0.25, 0.3) is 0 Å². The summed E-state index contributed by atoms with van der Waals surface area (Å²) in [5, 5.41) is 0. The van der Waals surface area contributed by atoms with Crippen molar-refractivity contribution in [3.05, 3.63) is 22.2 Å². The quantitative estimate of drug-likeness (QED) is 0.733. The van der Waals surface area contributed by atoms with Gasteiger partial charge in [0.15, 0.2) is 5.60 Å². The SMILES string of the molecule is Cc1cc2c(cc1Br)N(C)C(=O)C(C)(C)O2. The van der Waals surface area contributed by atoms with Gasteiger partial charge in [-0.05, 0) is 38.5 Å². The summed E-state index contributed by atoms with van der Waals surface area (Å²) in [6.07, 6.45) is 0. The molecule has 0 N–H and O–H groups in total. The van der Waals surface area contributed by atoms with Crippen LogP contribution in [0.5, 0.6) is 5.75 Å². The van der Waals surface area contributed by atoms with E-state index in [1.165, 1.54) is 0 Å². The van der Waals surface area contributed by atoms with Crippen LogP contribution in [0.2, 0.25) is 0 Å². The van der Waals surface area contributed by atoms with Gasteiger partial charge in [-0.2, -0.15) is 0 Å². The van der Waals surface area contributed by atoms with Crippen LogP contribution >= 0.6 is 15.9 Å². The van der Waals surface area contributed by atoms with E-state index in [9.17, 15) is 4.79 Å². The van der Waals surface area contributed by atoms with E-state index < -0.39 is 5.60 Å². The Morgan fingerprint density at radius 3 is 2.62 bits per heavy atom. The number of anilines is 1. The molecule has 0 atom stereocenters. The zero-order valence-corrected chi connectivity index (χ0v) is 11.4. The number of hydrogen-bond donors (Lipinski definition) is 0. The third-order valence-electron chi connectivity index (χ3n) is 2.79. The van der Waals surface area contributed by atoms with Crippen molar-refractivity contribution >= 4 is 27.5 Å². The van der Waals surface area contributed by atoms with Gasteiger partial charge in [-0.15, -0.1) is 0 Å². The average Bonchev–Trinajstić information content (AvgIpc) is 2.18. The van der Waals surface area contributed by atoms with Gasteiger partial charge in [0.25, 0.3) is 5.91 Å². The van der Waals surface area contributed by atoms with E-state index in [-0.39, 0.29) is 5.91 Å². The first-order valence-corrected chi connectivity index (χ1v) is 5.89. The third-order valence-corrected chi connectivity index (χ3v) is 3.64. The molecule has 16 heavy (non-hydrogen) atoms. The maximum absolute atomic E-state index is 12.0. The Morgan fingerprint density at radius 2 is 2.00 bits per heavy atom. The molecule has 0 fully saturated rings. The van der Waals surface area contributed by atoms with Gasteiger partial charge in [-0.25, -0.2) is 0 Å². The fourth-order valence-corrected chi connectivity index (χ4v) is 2.15. The molecule has 1 aliphatic rings. The Labute approximate surface area is 104 Å². The molecule has 0 spiro atoms. The monoisotopic (exact) mass is 283 g/mol. The van der Waals surface area contributed by atoms with Gasteiger partial charge in [-0.1, -0.05) is 15.9 Å². The molecule has 0 aromatic heterocycles. The number of amides is 1. The summed E-state index contributed by atoms with van der Waals surface area (Å²) in [6.45, 7) is 5.56. The van der Waals surface area contributed by atoms with Crippen molar-refractivity contribution in [1.29, 1.82) is 0 Å². The third kappa shape index (κ3) is 1.61. The van der Waals surface area contributed by atoms with Crippen LogP contribution in [0, 0.1) is 6.92 Å². The van der Waals surface area contributed by atoms with Crippen LogP contribution < -0.4 is 9.64 Å². The maximum atomic E-state index is 12.0. The molecule has 0 aliphatic carbocycles. The van der Waals surface area contributed by atoms with Crippen LogP contribution in [0.15, 0.2) is 16.6 Å². The van der Waals surface area contributed by atoms with E-state index in [0.717, 1.165) is 21.5 Å². The molecule has 3 nitrogen and oxygen atoms in total. The lowest BCUT2D eigenvalue weighted by Gasteiger charge is -2.37. The molecular weight excluding hydrogens is 270 g/mol. The standard InChI is InChI=1S/C12H14BrNO2/c1-7-5-10-9(6-8(7)13)14(4)11(15)12(2,3)16-10/h5-6H,1-4H3. The normalized spacial score (nSPS) is 18.1. The molecule has 0 unspecified atom stereocenters. The number of aryl methyl sites for hydroxylation is 1. The number of rotatable bonds is 0. The van der Waals surface area contributed by atoms with Gasteiger partial charge in [0.1, 0.15) is 5.75 Å². The first-order valence-electron chi connectivity index (χ1n) is 5.10. The number of nitrogens with zero attached hydrogens (tertiary/aromatic N) is 1. The lowest BCUT2D eigenvalue weighted by atomic mass is 10.0. The molecular formula is C12H14BrNO2. The van der Waals surface area contributed by atoms with Crippen LogP contribution in [-0.2, 0) is 4.79 Å². The second-order valence-electron chi connectivity index (χ2n) is 4.55. The lowest BCUT2D eigenvalue weighted by molar-refractivity contribution is -0.132. The highest BCUT2D eigenvalue weighted by Crippen LogP contribution is 2.39. The minimum absolute atomic E-state index is 0.0317. The average molecular weight is 284 g/mol. The van der Waals surface area contributed by atoms with Crippen molar-refractivity contribution in [3.63, 3.8) is 0 Å². The number of hydrogen-bond acceptors (Lipinski definition) is 2. The summed E-state index contributed by atoms with van der Waals surface area (Å²) in [4.78, 5) is 13.6. The molecule has 0 saturated heterocycles. The Balaban J connectivity index is 2.60. The Kier molecular flexibility index (Phi) is 2.49. The van der Waals surface area contributed by atoms with Crippen molar-refractivity contribution in [2.45, 2.75) is 26.4 Å². The number of likely N-dealkylation sites (N-methyl/N-ethyl adjacent to an activating group) is 1. The predicted octanol–water partition coefficient (Wildman–Crippen LogP) is 2.89. The van der Waals surface area contributed by atoms with Crippen LogP contribution in [0.1, 0.15) is 19.4 Å². The largest absolute Gasteiger partial charge is 0.476 e. The van der Waals surface area contributed by atoms with Gasteiger partial charge >= 0.3 is 0 Å². The molecule has 1 aromatic rings. The second-order valence-corrected chi connectivity index (χ2v) is 5.40. The number of benzene rings is 1. The lowest BCUT2D eigenvalue weighted by Crippen LogP contribution is -2.50. The Hall–Kier alpha value is -1.03. The first-order chi connectivity index (χ1) is 7.33. The van der Waals surface area contributed by atoms with E-state index >= 15 is 0 Å². The first kappa shape index (κ1) is 11.5. The van der Waals surface area contributed by atoms with Crippen molar-refractivity contribution < 1.29 is 9.53 Å². The van der Waals surface area contributed by atoms with E-state index in [1.54, 1.807) is 25.8 Å². The number of halogens is 1. The summed E-state index contributed by atoms with van der Waals surface area (Å²) in [5.74, 6) is 0.726. The van der Waals surface area contributed by atoms with Gasteiger partial charge in [0.05, 0.1) is 5.69 Å². The molecule has 0 bridgehead atoms. The fraction of sp³-hybridized carbons (Fsp3) is 0.417. The minimum atomic E-state index is -0.790. The number of carbonyl (C=O) groups is 1. The van der Waals surface area contributed by atoms with Crippen molar-refractivity contribution in [2.24, 2.45) is 0 Å². The second kappa shape index (κ2) is 3.48. The van der Waals surface area contributed by atoms with Gasteiger partial charge in [0, 0.05) is 11.5 Å². The molecule has 0 saturated carbocycles. The number of carbonyl (C=O) groups excluding carboxylic acids is 1. The van der Waals surface area contributed by atoms with E-state index in [2.05, 4.69) is 15.9 Å². The van der Waals surface area contributed by atoms with E-state index in [1.807, 2.05) is 19.1 Å². The summed E-state index contributed by atoms with van der Waals surface area (Å²) >= 11 is 3.46. The Bertz CT molecular complexity index is 468. The summed E-state index contributed by atoms with van der Waals surface area (Å²) in [5.41, 5.74) is 1.11. The number of fused-ring (bicyclic) bond motifs is 1. The molecule has 1 amide bonds. The smallest absolute Gasteiger partial charge is 0.270 e. The zero-order chi connectivity index (χ0) is 12.1. The summed E-state index contributed by atoms with van der Waals surface area (Å²) < 4.78 is 6.71. The molecule has 0 radical (unpaired) electrons. The van der Waals surface area contributed by atoms with Crippen molar-refractivity contribution in [3.8, 4) is 5.75 Å². The van der Waals surface area contributed by atoms with Crippen LogP contribution in [0.3, 0.4) is 0 Å². The molecule has 1 aromatic carbocycles. The van der Waals surface area contributed by atoms with E-state index in [0.29, 0.717) is 0 Å². The highest BCUT2D eigenvalue weighted by molar-refractivity contribution is 9.10. The highest BCUT2D eigenvalue weighted by atomic mass is 79.9. The van der Waals surface area contributed by atoms with Gasteiger partial charge in [0.2, 0.25) is 0 Å². The van der Waals surface area contributed by atoms with Crippen LogP contribution in [-0.4, -0.2) is 18.6 Å². The summed E-state index contributed by atoms with van der Waals surface area (Å²) in [7, 11) is 1.77. The molecule has 86 valence electrons. The number of ether oxygens (including phenoxy) is 1. The zero-order valence-electron chi connectivity index (χ0n) is 9.80. The Morgan fingerprint density at radius 1 is 1.38 bits per heavy atom. The maximum Gasteiger partial charge on any atom is 0.270 e. The van der Waals surface area contributed by atoms with Crippen LogP contribution in [0.4, 0.5) is 5.69 Å². The molecule has 4 heteroatoms. The highest BCUT2D eigenvalue weighted by Gasteiger charge is 2.39. The van der Waals surface area contributed by atoms with Crippen molar-refractivity contribution in [2.75, 3.05) is 11.9 Å².